The fourth-order valence-electron chi connectivity index (χ4n) is 8.70. The number of fused-ring (bicyclic) bond motifs is 5. The van der Waals surface area contributed by atoms with Crippen molar-refractivity contribution in [2.75, 3.05) is 0 Å². The zero-order chi connectivity index (χ0) is 33.5. The second-order valence-electron chi connectivity index (χ2n) is 13.6. The molecule has 0 saturated heterocycles. The SMILES string of the molecule is C[C@]12C[C@H](Oc3ccc([N+](=O)[O-])c(C(F)(F)F)c3)[C@@H]3c4ccc(OCc5ccccc5)cc4CC[C@H]3[C@@H]1CC[C@@H]2OCc1ccccc1. The van der Waals surface area contributed by atoms with Crippen LogP contribution in [0.4, 0.5) is 18.9 Å². The van der Waals surface area contributed by atoms with Gasteiger partial charge in [-0.1, -0.05) is 73.7 Å². The highest BCUT2D eigenvalue weighted by molar-refractivity contribution is 5.48. The number of aryl methyl sites for hydroxylation is 1. The smallest absolute Gasteiger partial charge is 0.423 e. The molecule has 0 unspecified atom stereocenters. The number of nitrogens with zero attached hydrogens (tertiary/aromatic N) is 1. The minimum Gasteiger partial charge on any atom is -0.490 e. The highest BCUT2D eigenvalue weighted by atomic mass is 19.4. The molecule has 0 aromatic heterocycles. The maximum absolute atomic E-state index is 14.0. The van der Waals surface area contributed by atoms with Gasteiger partial charge < -0.3 is 14.2 Å². The van der Waals surface area contributed by atoms with Gasteiger partial charge in [-0.3, -0.25) is 10.1 Å². The van der Waals surface area contributed by atoms with Gasteiger partial charge in [-0.05, 0) is 90.5 Å². The summed E-state index contributed by atoms with van der Waals surface area (Å²) in [7, 11) is 0. The standard InChI is InChI=1S/C39H38F3NO5/c1-38-22-35(48-29-14-18-34(43(44)45)33(21-29)39(40,41)42)37-30-16-13-28(46-23-25-8-4-2-5-9-25)20-27(30)12-15-31(37)32(38)17-19-36(38)47-24-26-10-6-3-7-11-26/h2-11,13-14,16,18,20-21,31-32,35-37H,12,15,17,19,22-24H2,1H3/t31-,32-,35-,36-,37+,38-/m0/s1. The molecule has 0 amide bonds. The molecule has 3 aliphatic rings. The van der Waals surface area contributed by atoms with Gasteiger partial charge >= 0.3 is 6.18 Å². The van der Waals surface area contributed by atoms with E-state index in [-0.39, 0.29) is 29.1 Å². The van der Waals surface area contributed by atoms with Crippen LogP contribution in [0, 0.1) is 27.4 Å². The summed E-state index contributed by atoms with van der Waals surface area (Å²) >= 11 is 0. The topological polar surface area (TPSA) is 70.8 Å². The van der Waals surface area contributed by atoms with E-state index in [0.717, 1.165) is 65.8 Å². The van der Waals surface area contributed by atoms with E-state index >= 15 is 0 Å². The van der Waals surface area contributed by atoms with Crippen LogP contribution in [0.25, 0.3) is 0 Å². The molecular formula is C39H38F3NO5. The lowest BCUT2D eigenvalue weighted by Gasteiger charge is -2.53. The Kier molecular flexibility index (Phi) is 8.66. The van der Waals surface area contributed by atoms with Gasteiger partial charge in [0.1, 0.15) is 29.8 Å². The zero-order valence-corrected chi connectivity index (χ0v) is 26.7. The van der Waals surface area contributed by atoms with Crippen molar-refractivity contribution in [1.29, 1.82) is 0 Å². The molecule has 0 radical (unpaired) electrons. The molecule has 48 heavy (non-hydrogen) atoms. The molecular weight excluding hydrogens is 619 g/mol. The summed E-state index contributed by atoms with van der Waals surface area (Å²) in [6, 6.07) is 29.1. The monoisotopic (exact) mass is 657 g/mol. The lowest BCUT2D eigenvalue weighted by molar-refractivity contribution is -0.388. The van der Waals surface area contributed by atoms with E-state index in [1.165, 1.54) is 6.07 Å². The Morgan fingerprint density at radius 3 is 2.23 bits per heavy atom. The summed E-state index contributed by atoms with van der Waals surface area (Å²) in [5, 5.41) is 11.5. The largest absolute Gasteiger partial charge is 0.490 e. The fourth-order valence-corrected chi connectivity index (χ4v) is 8.70. The summed E-state index contributed by atoms with van der Waals surface area (Å²) in [6.07, 6.45) is -1.12. The Labute approximate surface area is 278 Å². The highest BCUT2D eigenvalue weighted by Crippen LogP contribution is 2.62. The molecule has 7 rings (SSSR count). The molecule has 6 nitrogen and oxygen atoms in total. The van der Waals surface area contributed by atoms with Crippen LogP contribution in [-0.4, -0.2) is 17.1 Å². The van der Waals surface area contributed by atoms with Crippen LogP contribution in [0.3, 0.4) is 0 Å². The molecule has 3 aliphatic carbocycles. The molecule has 0 spiro atoms. The Morgan fingerprint density at radius 2 is 1.54 bits per heavy atom. The Morgan fingerprint density at radius 1 is 0.854 bits per heavy atom. The van der Waals surface area contributed by atoms with Gasteiger partial charge in [0, 0.05) is 17.4 Å². The van der Waals surface area contributed by atoms with E-state index in [9.17, 15) is 23.3 Å². The van der Waals surface area contributed by atoms with E-state index in [0.29, 0.717) is 25.6 Å². The van der Waals surface area contributed by atoms with Crippen LogP contribution in [-0.2, 0) is 30.5 Å². The summed E-state index contributed by atoms with van der Waals surface area (Å²) in [5.41, 5.74) is 1.90. The van der Waals surface area contributed by atoms with Crippen molar-refractivity contribution in [3.8, 4) is 11.5 Å². The Bertz CT molecular complexity index is 1760. The lowest BCUT2D eigenvalue weighted by Crippen LogP contribution is -2.52. The third-order valence-corrected chi connectivity index (χ3v) is 10.9. The van der Waals surface area contributed by atoms with Crippen molar-refractivity contribution < 1.29 is 32.3 Å². The first-order valence-corrected chi connectivity index (χ1v) is 16.6. The molecule has 0 heterocycles. The number of rotatable bonds is 9. The summed E-state index contributed by atoms with van der Waals surface area (Å²) in [6.45, 7) is 3.18. The molecule has 4 aromatic carbocycles. The molecule has 4 aromatic rings. The van der Waals surface area contributed by atoms with Gasteiger partial charge in [0.05, 0.1) is 17.6 Å². The number of hydrogen-bond acceptors (Lipinski definition) is 5. The average Bonchev–Trinajstić information content (AvgIpc) is 3.42. The van der Waals surface area contributed by atoms with Gasteiger partial charge in [0.25, 0.3) is 5.69 Å². The number of alkyl halides is 3. The van der Waals surface area contributed by atoms with Gasteiger partial charge in [-0.25, -0.2) is 0 Å². The normalized spacial score (nSPS) is 26.2. The average molecular weight is 658 g/mol. The van der Waals surface area contributed by atoms with Crippen LogP contribution in [0.5, 0.6) is 11.5 Å². The quantitative estimate of drug-likeness (QED) is 0.132. The third-order valence-electron chi connectivity index (χ3n) is 10.9. The van der Waals surface area contributed by atoms with Crippen molar-refractivity contribution in [2.24, 2.45) is 17.3 Å². The van der Waals surface area contributed by atoms with Crippen LogP contribution < -0.4 is 9.47 Å². The second-order valence-corrected chi connectivity index (χ2v) is 13.6. The molecule has 2 fully saturated rings. The molecule has 0 aliphatic heterocycles. The molecule has 0 N–H and O–H groups in total. The molecule has 6 atom stereocenters. The number of hydrogen-bond donors (Lipinski definition) is 0. The number of benzene rings is 4. The van der Waals surface area contributed by atoms with Crippen molar-refractivity contribution in [3.05, 3.63) is 135 Å². The maximum atomic E-state index is 14.0. The third kappa shape index (κ3) is 6.28. The predicted molar refractivity (Wildman–Crippen MR) is 175 cm³/mol. The maximum Gasteiger partial charge on any atom is 0.423 e. The summed E-state index contributed by atoms with van der Waals surface area (Å²) in [5.74, 6) is 1.28. The van der Waals surface area contributed by atoms with Crippen LogP contribution in [0.15, 0.2) is 97.1 Å². The zero-order valence-electron chi connectivity index (χ0n) is 26.7. The van der Waals surface area contributed by atoms with Crippen molar-refractivity contribution in [2.45, 2.75) is 76.5 Å². The Balaban J connectivity index is 1.21. The first-order chi connectivity index (χ1) is 23.1. The first kappa shape index (κ1) is 32.2. The van der Waals surface area contributed by atoms with Gasteiger partial charge in [0.15, 0.2) is 0 Å². The van der Waals surface area contributed by atoms with E-state index in [1.54, 1.807) is 0 Å². The molecule has 9 heteroatoms. The van der Waals surface area contributed by atoms with Crippen molar-refractivity contribution in [3.63, 3.8) is 0 Å². The van der Waals surface area contributed by atoms with E-state index < -0.39 is 28.5 Å². The number of nitro groups is 1. The summed E-state index contributed by atoms with van der Waals surface area (Å²) < 4.78 is 61.2. The van der Waals surface area contributed by atoms with Gasteiger partial charge in [0.2, 0.25) is 0 Å². The number of halogens is 3. The highest BCUT2D eigenvalue weighted by Gasteiger charge is 2.59. The Hall–Kier alpha value is -4.37. The molecule has 2 saturated carbocycles. The minimum absolute atomic E-state index is 0.0200. The molecule has 0 bridgehead atoms. The van der Waals surface area contributed by atoms with Crippen LogP contribution in [0.2, 0.25) is 0 Å². The van der Waals surface area contributed by atoms with Gasteiger partial charge in [-0.15, -0.1) is 0 Å². The van der Waals surface area contributed by atoms with E-state index in [1.807, 2.05) is 66.7 Å². The van der Waals surface area contributed by atoms with E-state index in [4.69, 9.17) is 14.2 Å². The van der Waals surface area contributed by atoms with Crippen molar-refractivity contribution in [1.82, 2.24) is 0 Å². The lowest BCUT2D eigenvalue weighted by atomic mass is 9.54. The number of nitro benzene ring substituents is 1. The van der Waals surface area contributed by atoms with Crippen LogP contribution >= 0.6 is 0 Å². The molecule has 250 valence electrons. The summed E-state index contributed by atoms with van der Waals surface area (Å²) in [4.78, 5) is 10.5. The van der Waals surface area contributed by atoms with Crippen molar-refractivity contribution >= 4 is 5.69 Å². The number of ether oxygens (including phenoxy) is 3. The predicted octanol–water partition coefficient (Wildman–Crippen LogP) is 9.69. The fraction of sp³-hybridized carbons (Fsp3) is 0.385. The first-order valence-electron chi connectivity index (χ1n) is 16.6. The second kappa shape index (κ2) is 12.9. The minimum atomic E-state index is -4.90. The van der Waals surface area contributed by atoms with Gasteiger partial charge in [-0.2, -0.15) is 13.2 Å². The van der Waals surface area contributed by atoms with E-state index in [2.05, 4.69) is 19.1 Å². The van der Waals surface area contributed by atoms with Crippen LogP contribution in [0.1, 0.15) is 66.3 Å².